The maximum atomic E-state index is 15.1. The second kappa shape index (κ2) is 8.71. The number of alkyl carbamates (subject to hydrolysis) is 1. The average Bonchev–Trinajstić information content (AvgIpc) is 2.45. The third-order valence-corrected chi connectivity index (χ3v) is 3.87. The number of carbonyl (C=O) groups excluding carboxylic acids is 2. The summed E-state index contributed by atoms with van der Waals surface area (Å²) in [6, 6.07) is 5.32. The van der Waals surface area contributed by atoms with Crippen LogP contribution in [0.5, 0.6) is 0 Å². The molecule has 1 amide bonds. The predicted octanol–water partition coefficient (Wildman–Crippen LogP) is 4.63. The molecule has 0 heterocycles. The molecule has 0 spiro atoms. The van der Waals surface area contributed by atoms with Gasteiger partial charge >= 0.3 is 12.1 Å². The molecule has 1 rings (SSSR count). The first kappa shape index (κ1) is 22.2. The molecule has 0 radical (unpaired) electrons. The lowest BCUT2D eigenvalue weighted by Crippen LogP contribution is -2.51. The highest BCUT2D eigenvalue weighted by atomic mass is 35.5. The average molecular weight is 388 g/mol. The monoisotopic (exact) mass is 387 g/mol. The standard InChI is InChI=1S/C19H27ClFNO4/c1-7-25-16(23)15(22-17(24)26-18(2,3)4)14(19(5,6)21)12-10-8-9-11-13(12)20/h8-11,14-15H,7H2,1-6H3,(H,22,24). The number of halogens is 2. The SMILES string of the molecule is CCOC(=O)C(NC(=O)OC(C)(C)C)C(c1ccccc1Cl)C(C)(C)F. The van der Waals surface area contributed by atoms with Crippen molar-refractivity contribution in [1.82, 2.24) is 5.32 Å². The second-order valence-electron chi connectivity index (χ2n) is 7.44. The Bertz CT molecular complexity index is 637. The lowest BCUT2D eigenvalue weighted by Gasteiger charge is -2.34. The van der Waals surface area contributed by atoms with E-state index in [4.69, 9.17) is 21.1 Å². The van der Waals surface area contributed by atoms with Gasteiger partial charge in [0.15, 0.2) is 0 Å². The van der Waals surface area contributed by atoms with Gasteiger partial charge in [-0.05, 0) is 53.2 Å². The van der Waals surface area contributed by atoms with Crippen molar-refractivity contribution in [3.63, 3.8) is 0 Å². The molecule has 0 fully saturated rings. The van der Waals surface area contributed by atoms with Crippen LogP contribution >= 0.6 is 11.6 Å². The third kappa shape index (κ3) is 6.48. The van der Waals surface area contributed by atoms with Crippen molar-refractivity contribution in [3.05, 3.63) is 34.9 Å². The maximum absolute atomic E-state index is 15.1. The van der Waals surface area contributed by atoms with E-state index in [2.05, 4.69) is 5.32 Å². The zero-order valence-electron chi connectivity index (χ0n) is 16.1. The number of hydrogen-bond donors (Lipinski definition) is 1. The van der Waals surface area contributed by atoms with Crippen LogP contribution in [0.3, 0.4) is 0 Å². The lowest BCUT2D eigenvalue weighted by atomic mass is 9.80. The molecule has 146 valence electrons. The van der Waals surface area contributed by atoms with Crippen LogP contribution < -0.4 is 5.32 Å². The van der Waals surface area contributed by atoms with Crippen LogP contribution in [-0.2, 0) is 14.3 Å². The molecule has 0 bridgehead atoms. The highest BCUT2D eigenvalue weighted by Crippen LogP contribution is 2.38. The molecule has 2 atom stereocenters. The molecule has 0 aliphatic heterocycles. The molecule has 0 saturated heterocycles. The Morgan fingerprint density at radius 1 is 1.19 bits per heavy atom. The van der Waals surface area contributed by atoms with Gasteiger partial charge in [-0.1, -0.05) is 29.8 Å². The van der Waals surface area contributed by atoms with E-state index in [9.17, 15) is 9.59 Å². The van der Waals surface area contributed by atoms with E-state index >= 15 is 4.39 Å². The maximum Gasteiger partial charge on any atom is 0.408 e. The van der Waals surface area contributed by atoms with E-state index in [1.54, 1.807) is 52.0 Å². The Morgan fingerprint density at radius 2 is 1.77 bits per heavy atom. The molecule has 2 unspecified atom stereocenters. The van der Waals surface area contributed by atoms with Gasteiger partial charge in [-0.3, -0.25) is 0 Å². The summed E-state index contributed by atoms with van der Waals surface area (Å²) in [6.07, 6.45) is -0.836. The van der Waals surface area contributed by atoms with Crippen molar-refractivity contribution < 1.29 is 23.5 Å². The summed E-state index contributed by atoms with van der Waals surface area (Å²) < 4.78 is 25.4. The Hall–Kier alpha value is -1.82. The van der Waals surface area contributed by atoms with Gasteiger partial charge in [0.1, 0.15) is 17.3 Å². The molecular weight excluding hydrogens is 361 g/mol. The number of benzene rings is 1. The van der Waals surface area contributed by atoms with E-state index < -0.39 is 35.3 Å². The Morgan fingerprint density at radius 3 is 2.23 bits per heavy atom. The molecule has 0 aliphatic carbocycles. The van der Waals surface area contributed by atoms with E-state index in [-0.39, 0.29) is 6.61 Å². The minimum atomic E-state index is -1.88. The van der Waals surface area contributed by atoms with Gasteiger partial charge in [0, 0.05) is 5.02 Å². The molecule has 5 nitrogen and oxygen atoms in total. The number of carbonyl (C=O) groups is 2. The summed E-state index contributed by atoms with van der Waals surface area (Å²) in [5.74, 6) is -1.82. The molecular formula is C19H27ClFNO4. The minimum absolute atomic E-state index is 0.0906. The van der Waals surface area contributed by atoms with Crippen molar-refractivity contribution in [2.24, 2.45) is 0 Å². The number of esters is 1. The number of ether oxygens (including phenoxy) is 2. The topological polar surface area (TPSA) is 64.6 Å². The molecule has 0 saturated carbocycles. The van der Waals surface area contributed by atoms with Crippen molar-refractivity contribution in [2.45, 2.75) is 64.8 Å². The van der Waals surface area contributed by atoms with E-state index in [0.717, 1.165) is 0 Å². The highest BCUT2D eigenvalue weighted by molar-refractivity contribution is 6.31. The van der Waals surface area contributed by atoms with Gasteiger partial charge in [0.25, 0.3) is 0 Å². The van der Waals surface area contributed by atoms with Gasteiger partial charge in [-0.15, -0.1) is 0 Å². The summed E-state index contributed by atoms with van der Waals surface area (Å²) in [7, 11) is 0. The first-order valence-corrected chi connectivity index (χ1v) is 8.84. The Balaban J connectivity index is 3.32. The fourth-order valence-electron chi connectivity index (χ4n) is 2.62. The first-order valence-electron chi connectivity index (χ1n) is 8.46. The molecule has 1 aromatic rings. The predicted molar refractivity (Wildman–Crippen MR) is 99.2 cm³/mol. The van der Waals surface area contributed by atoms with Gasteiger partial charge < -0.3 is 14.8 Å². The molecule has 0 aromatic heterocycles. The van der Waals surface area contributed by atoms with Crippen molar-refractivity contribution in [2.75, 3.05) is 6.61 Å². The van der Waals surface area contributed by atoms with Crippen LogP contribution in [0, 0.1) is 0 Å². The van der Waals surface area contributed by atoms with Crippen LogP contribution in [0.1, 0.15) is 53.0 Å². The van der Waals surface area contributed by atoms with Crippen LogP contribution in [0.4, 0.5) is 9.18 Å². The minimum Gasteiger partial charge on any atom is -0.464 e. The summed E-state index contributed by atoms with van der Waals surface area (Å²) in [4.78, 5) is 24.7. The summed E-state index contributed by atoms with van der Waals surface area (Å²) >= 11 is 6.23. The highest BCUT2D eigenvalue weighted by Gasteiger charge is 2.44. The van der Waals surface area contributed by atoms with Crippen LogP contribution in [0.2, 0.25) is 5.02 Å². The zero-order chi connectivity index (χ0) is 20.1. The van der Waals surface area contributed by atoms with E-state index in [1.165, 1.54) is 13.8 Å². The van der Waals surface area contributed by atoms with Crippen LogP contribution in [0.25, 0.3) is 0 Å². The number of alkyl halides is 1. The summed E-state index contributed by atoms with van der Waals surface area (Å²) in [6.45, 7) is 9.44. The van der Waals surface area contributed by atoms with Crippen molar-refractivity contribution in [1.29, 1.82) is 0 Å². The number of rotatable bonds is 6. The molecule has 0 aliphatic rings. The van der Waals surface area contributed by atoms with Crippen molar-refractivity contribution in [3.8, 4) is 0 Å². The lowest BCUT2D eigenvalue weighted by molar-refractivity contribution is -0.147. The number of amides is 1. The molecule has 1 aromatic carbocycles. The fourth-order valence-corrected chi connectivity index (χ4v) is 2.87. The van der Waals surface area contributed by atoms with E-state index in [0.29, 0.717) is 10.6 Å². The Labute approximate surface area is 159 Å². The van der Waals surface area contributed by atoms with Gasteiger partial charge in [-0.25, -0.2) is 14.0 Å². The molecule has 1 N–H and O–H groups in total. The Kier molecular flexibility index (Phi) is 7.45. The van der Waals surface area contributed by atoms with Gasteiger partial charge in [-0.2, -0.15) is 0 Å². The largest absolute Gasteiger partial charge is 0.464 e. The first-order chi connectivity index (χ1) is 11.9. The summed E-state index contributed by atoms with van der Waals surface area (Å²) in [5.41, 5.74) is -2.25. The quantitative estimate of drug-likeness (QED) is 0.723. The normalized spacial score (nSPS) is 14.3. The third-order valence-electron chi connectivity index (χ3n) is 3.53. The smallest absolute Gasteiger partial charge is 0.408 e. The van der Waals surface area contributed by atoms with Gasteiger partial charge in [0.05, 0.1) is 12.5 Å². The number of hydrogen-bond acceptors (Lipinski definition) is 4. The van der Waals surface area contributed by atoms with Crippen LogP contribution in [0.15, 0.2) is 24.3 Å². The van der Waals surface area contributed by atoms with Gasteiger partial charge in [0.2, 0.25) is 0 Å². The number of nitrogens with one attached hydrogen (secondary N) is 1. The van der Waals surface area contributed by atoms with Crippen molar-refractivity contribution >= 4 is 23.7 Å². The fraction of sp³-hybridized carbons (Fsp3) is 0.579. The molecule has 7 heteroatoms. The summed E-state index contributed by atoms with van der Waals surface area (Å²) in [5, 5.41) is 2.75. The zero-order valence-corrected chi connectivity index (χ0v) is 16.8. The second-order valence-corrected chi connectivity index (χ2v) is 7.85. The van der Waals surface area contributed by atoms with Crippen LogP contribution in [-0.4, -0.2) is 36.0 Å². The molecule has 26 heavy (non-hydrogen) atoms. The van der Waals surface area contributed by atoms with E-state index in [1.807, 2.05) is 0 Å².